The zero-order valence-corrected chi connectivity index (χ0v) is 10.5. The normalized spacial score (nSPS) is 10.5. The Balaban J connectivity index is 2.18. The van der Waals surface area contributed by atoms with Crippen LogP contribution in [0.25, 0.3) is 0 Å². The Morgan fingerprint density at radius 2 is 2.12 bits per heavy atom. The van der Waals surface area contributed by atoms with Crippen molar-refractivity contribution in [3.63, 3.8) is 0 Å². The van der Waals surface area contributed by atoms with E-state index >= 15 is 0 Å². The molecular weight excluding hydrogens is 216 g/mol. The van der Waals surface area contributed by atoms with Crippen LogP contribution in [0.4, 0.5) is 0 Å². The Morgan fingerprint density at radius 3 is 2.76 bits per heavy atom. The van der Waals surface area contributed by atoms with Gasteiger partial charge in [0.05, 0.1) is 6.61 Å². The summed E-state index contributed by atoms with van der Waals surface area (Å²) in [4.78, 5) is 10.4. The second-order valence-electron chi connectivity index (χ2n) is 4.11. The highest BCUT2D eigenvalue weighted by Crippen LogP contribution is 2.09. The molecule has 0 atom stereocenters. The molecule has 4 heteroatoms. The Bertz CT molecular complexity index is 378. The summed E-state index contributed by atoms with van der Waals surface area (Å²) in [6, 6.07) is 6.40. The van der Waals surface area contributed by atoms with Crippen LogP contribution in [-0.4, -0.2) is 25.7 Å². The van der Waals surface area contributed by atoms with E-state index < -0.39 is 5.91 Å². The van der Waals surface area contributed by atoms with Crippen molar-refractivity contribution in [3.05, 3.63) is 34.9 Å². The molecule has 0 aliphatic rings. The number of amides is 1. The predicted molar refractivity (Wildman–Crippen MR) is 67.6 cm³/mol. The fourth-order valence-corrected chi connectivity index (χ4v) is 1.46. The predicted octanol–water partition coefficient (Wildman–Crippen LogP) is 0.895. The second-order valence-corrected chi connectivity index (χ2v) is 4.11. The monoisotopic (exact) mass is 236 g/mol. The molecule has 3 N–H and O–H groups in total. The first-order valence-corrected chi connectivity index (χ1v) is 5.72. The average Bonchev–Trinajstić information content (AvgIpc) is 2.27. The molecule has 0 radical (unpaired) electrons. The number of ether oxygens (including phenoxy) is 1. The number of benzene rings is 1. The molecule has 0 saturated carbocycles. The van der Waals surface area contributed by atoms with Crippen molar-refractivity contribution >= 4 is 5.91 Å². The number of carbonyl (C=O) groups excluding carboxylic acids is 1. The van der Waals surface area contributed by atoms with Crippen molar-refractivity contribution < 1.29 is 9.53 Å². The maximum atomic E-state index is 10.4. The molecule has 94 valence electrons. The lowest BCUT2D eigenvalue weighted by atomic mass is 10.1. The van der Waals surface area contributed by atoms with Crippen LogP contribution in [0.15, 0.2) is 18.2 Å². The molecule has 0 heterocycles. The van der Waals surface area contributed by atoms with E-state index in [2.05, 4.69) is 37.4 Å². The third kappa shape index (κ3) is 5.47. The van der Waals surface area contributed by atoms with E-state index in [1.807, 2.05) is 0 Å². The minimum absolute atomic E-state index is 0.00861. The number of rotatable bonds is 7. The summed E-state index contributed by atoms with van der Waals surface area (Å²) in [6.07, 6.45) is 0. The van der Waals surface area contributed by atoms with Crippen molar-refractivity contribution in [3.8, 4) is 0 Å². The van der Waals surface area contributed by atoms with Crippen LogP contribution in [-0.2, 0) is 16.1 Å². The third-order valence-corrected chi connectivity index (χ3v) is 2.57. The summed E-state index contributed by atoms with van der Waals surface area (Å²) < 4.78 is 5.04. The number of hydrogen-bond donors (Lipinski definition) is 2. The summed E-state index contributed by atoms with van der Waals surface area (Å²) in [7, 11) is 0. The summed E-state index contributed by atoms with van der Waals surface area (Å²) in [5, 5.41) is 3.24. The highest BCUT2D eigenvalue weighted by molar-refractivity contribution is 5.74. The van der Waals surface area contributed by atoms with Crippen LogP contribution in [0, 0.1) is 13.8 Å². The topological polar surface area (TPSA) is 64.3 Å². The molecule has 0 aliphatic heterocycles. The molecule has 0 spiro atoms. The maximum Gasteiger partial charge on any atom is 0.243 e. The van der Waals surface area contributed by atoms with E-state index in [1.165, 1.54) is 16.7 Å². The highest BCUT2D eigenvalue weighted by Gasteiger charge is 1.97. The summed E-state index contributed by atoms with van der Waals surface area (Å²) in [5.74, 6) is -0.431. The van der Waals surface area contributed by atoms with Gasteiger partial charge in [-0.3, -0.25) is 4.79 Å². The molecule has 0 bridgehead atoms. The van der Waals surface area contributed by atoms with Crippen LogP contribution >= 0.6 is 0 Å². The van der Waals surface area contributed by atoms with Crippen molar-refractivity contribution in [2.24, 2.45) is 5.73 Å². The lowest BCUT2D eigenvalue weighted by Crippen LogP contribution is -2.23. The zero-order chi connectivity index (χ0) is 12.7. The number of nitrogens with one attached hydrogen (secondary N) is 1. The molecular formula is C13H20N2O2. The van der Waals surface area contributed by atoms with Gasteiger partial charge in [0.15, 0.2) is 0 Å². The minimum Gasteiger partial charge on any atom is -0.370 e. The van der Waals surface area contributed by atoms with Gasteiger partial charge in [0.25, 0.3) is 0 Å². The Hall–Kier alpha value is -1.39. The molecule has 1 amide bonds. The number of nitrogens with two attached hydrogens (primary N) is 1. The molecule has 4 nitrogen and oxygen atoms in total. The molecule has 1 aromatic rings. The quantitative estimate of drug-likeness (QED) is 0.691. The van der Waals surface area contributed by atoms with Crippen LogP contribution in [0.3, 0.4) is 0 Å². The first kappa shape index (κ1) is 13.7. The molecule has 0 unspecified atom stereocenters. The third-order valence-electron chi connectivity index (χ3n) is 2.57. The summed E-state index contributed by atoms with van der Waals surface area (Å²) in [5.41, 5.74) is 8.80. The van der Waals surface area contributed by atoms with E-state index in [-0.39, 0.29) is 6.61 Å². The van der Waals surface area contributed by atoms with Crippen molar-refractivity contribution in [2.45, 2.75) is 20.4 Å². The van der Waals surface area contributed by atoms with Crippen molar-refractivity contribution in [2.75, 3.05) is 19.8 Å². The van der Waals surface area contributed by atoms with Crippen LogP contribution in [0.2, 0.25) is 0 Å². The Kier molecular flexibility index (Phi) is 5.66. The van der Waals surface area contributed by atoms with E-state index in [4.69, 9.17) is 10.5 Å². The van der Waals surface area contributed by atoms with Gasteiger partial charge in [-0.05, 0) is 30.5 Å². The van der Waals surface area contributed by atoms with Gasteiger partial charge in [-0.1, -0.05) is 18.2 Å². The van der Waals surface area contributed by atoms with Crippen LogP contribution in [0.1, 0.15) is 16.7 Å². The molecule has 0 fully saturated rings. The van der Waals surface area contributed by atoms with E-state index in [0.29, 0.717) is 13.2 Å². The van der Waals surface area contributed by atoms with Crippen molar-refractivity contribution in [1.82, 2.24) is 5.32 Å². The summed E-state index contributed by atoms with van der Waals surface area (Å²) in [6.45, 7) is 6.21. The van der Waals surface area contributed by atoms with E-state index in [1.54, 1.807) is 0 Å². The molecule has 1 aromatic carbocycles. The van der Waals surface area contributed by atoms with Crippen LogP contribution < -0.4 is 11.1 Å². The average molecular weight is 236 g/mol. The Labute approximate surface area is 102 Å². The number of carbonyl (C=O) groups is 1. The molecule has 0 aliphatic carbocycles. The summed E-state index contributed by atoms with van der Waals surface area (Å²) >= 11 is 0. The van der Waals surface area contributed by atoms with Crippen LogP contribution in [0.5, 0.6) is 0 Å². The lowest BCUT2D eigenvalue weighted by Gasteiger charge is -2.07. The van der Waals surface area contributed by atoms with Crippen molar-refractivity contribution in [1.29, 1.82) is 0 Å². The molecule has 0 saturated heterocycles. The largest absolute Gasteiger partial charge is 0.370 e. The smallest absolute Gasteiger partial charge is 0.243 e. The van der Waals surface area contributed by atoms with Gasteiger partial charge < -0.3 is 15.8 Å². The lowest BCUT2D eigenvalue weighted by molar-refractivity contribution is -0.122. The van der Waals surface area contributed by atoms with Gasteiger partial charge in [-0.15, -0.1) is 0 Å². The molecule has 0 aromatic heterocycles. The highest BCUT2D eigenvalue weighted by atomic mass is 16.5. The first-order valence-electron chi connectivity index (χ1n) is 5.72. The maximum absolute atomic E-state index is 10.4. The minimum atomic E-state index is -0.431. The van der Waals surface area contributed by atoms with Gasteiger partial charge in [0.2, 0.25) is 5.91 Å². The number of aryl methyl sites for hydroxylation is 2. The van der Waals surface area contributed by atoms with E-state index in [9.17, 15) is 4.79 Å². The fraction of sp³-hybridized carbons (Fsp3) is 0.462. The van der Waals surface area contributed by atoms with Gasteiger partial charge >= 0.3 is 0 Å². The SMILES string of the molecule is Cc1ccc(CNCCOCC(N)=O)cc1C. The number of primary amides is 1. The first-order chi connectivity index (χ1) is 8.09. The standard InChI is InChI=1S/C13H20N2O2/c1-10-3-4-12(7-11(10)2)8-15-5-6-17-9-13(14)16/h3-4,7,15H,5-6,8-9H2,1-2H3,(H2,14,16). The Morgan fingerprint density at radius 1 is 1.35 bits per heavy atom. The fourth-order valence-electron chi connectivity index (χ4n) is 1.46. The van der Waals surface area contributed by atoms with E-state index in [0.717, 1.165) is 6.54 Å². The van der Waals surface area contributed by atoms with Gasteiger partial charge in [-0.2, -0.15) is 0 Å². The molecule has 1 rings (SSSR count). The number of hydrogen-bond acceptors (Lipinski definition) is 3. The van der Waals surface area contributed by atoms with Gasteiger partial charge in [0, 0.05) is 13.1 Å². The second kappa shape index (κ2) is 7.04. The molecule has 17 heavy (non-hydrogen) atoms. The zero-order valence-electron chi connectivity index (χ0n) is 10.5. The van der Waals surface area contributed by atoms with Gasteiger partial charge in [-0.25, -0.2) is 0 Å². The van der Waals surface area contributed by atoms with Gasteiger partial charge in [0.1, 0.15) is 6.61 Å².